The van der Waals surface area contributed by atoms with Crippen LogP contribution in [-0.4, -0.2) is 37.8 Å². The van der Waals surface area contributed by atoms with E-state index in [1.807, 2.05) is 38.1 Å². The van der Waals surface area contributed by atoms with Crippen molar-refractivity contribution in [3.63, 3.8) is 0 Å². The lowest BCUT2D eigenvalue weighted by Crippen LogP contribution is -2.21. The average molecular weight is 436 g/mol. The van der Waals surface area contributed by atoms with Crippen LogP contribution in [0.1, 0.15) is 23.6 Å². The van der Waals surface area contributed by atoms with E-state index in [-0.39, 0.29) is 12.6 Å². The number of hydrogen-bond donors (Lipinski definition) is 4. The Hall–Kier alpha value is -3.38. The second-order valence-electron chi connectivity index (χ2n) is 7.18. The molecule has 7 nitrogen and oxygen atoms in total. The van der Waals surface area contributed by atoms with E-state index in [0.717, 1.165) is 11.1 Å². The molecule has 0 saturated carbocycles. The number of aryl methyl sites for hydroxylation is 1. The highest BCUT2D eigenvalue weighted by molar-refractivity contribution is 7.98. The molecule has 1 aromatic heterocycles. The first-order valence-electron chi connectivity index (χ1n) is 9.60. The molecule has 0 aliphatic heterocycles. The molecule has 2 aromatic carbocycles. The van der Waals surface area contributed by atoms with Gasteiger partial charge in [0, 0.05) is 22.2 Å². The third-order valence-corrected chi connectivity index (χ3v) is 5.38. The van der Waals surface area contributed by atoms with Gasteiger partial charge in [0.25, 0.3) is 0 Å². The standard InChI is InChI=1S/C23H25N5O2S/c1-16-7-9-18(10-8-16)11-12-19-14-25-23(28-22(19)26-17(2)15-29)27-20-5-4-6-21(13-20)31(3,24)30/h4-10,13-14,17,29H,3,15H2,1-2H3,(H2,24,30)(H2,25,26,27,28)/t17-,31?/m1/s1. The fourth-order valence-electron chi connectivity index (χ4n) is 2.62. The maximum absolute atomic E-state index is 12.0. The van der Waals surface area contributed by atoms with Crippen molar-refractivity contribution < 1.29 is 9.32 Å². The molecule has 160 valence electrons. The van der Waals surface area contributed by atoms with Crippen LogP contribution in [0.15, 0.2) is 59.6 Å². The molecular formula is C23H25N5O2S. The zero-order valence-corrected chi connectivity index (χ0v) is 18.2. The zero-order valence-electron chi connectivity index (χ0n) is 17.4. The lowest BCUT2D eigenvalue weighted by atomic mass is 10.1. The van der Waals surface area contributed by atoms with Gasteiger partial charge in [-0.1, -0.05) is 35.6 Å². The van der Waals surface area contributed by atoms with E-state index in [1.54, 1.807) is 30.5 Å². The SMILES string of the molecule is C=S(N)(=O)c1cccc(Nc2ncc(C#Cc3ccc(C)cc3)c(N[C@H](C)CO)n2)c1. The minimum Gasteiger partial charge on any atom is -0.394 e. The third-order valence-electron chi connectivity index (χ3n) is 4.33. The second-order valence-corrected chi connectivity index (χ2v) is 9.10. The van der Waals surface area contributed by atoms with Gasteiger partial charge in [0.2, 0.25) is 5.95 Å². The van der Waals surface area contributed by atoms with E-state index in [9.17, 15) is 9.32 Å². The van der Waals surface area contributed by atoms with Crippen molar-refractivity contribution in [3.05, 3.63) is 71.4 Å². The van der Waals surface area contributed by atoms with Crippen molar-refractivity contribution in [2.75, 3.05) is 17.2 Å². The number of rotatable bonds is 6. The van der Waals surface area contributed by atoms with Crippen LogP contribution in [-0.2, 0) is 9.71 Å². The average Bonchev–Trinajstić information content (AvgIpc) is 2.74. The predicted molar refractivity (Wildman–Crippen MR) is 127 cm³/mol. The highest BCUT2D eigenvalue weighted by atomic mass is 32.2. The van der Waals surface area contributed by atoms with Crippen LogP contribution >= 0.6 is 0 Å². The van der Waals surface area contributed by atoms with Crippen molar-refractivity contribution in [2.24, 2.45) is 5.14 Å². The van der Waals surface area contributed by atoms with Gasteiger partial charge >= 0.3 is 0 Å². The smallest absolute Gasteiger partial charge is 0.229 e. The van der Waals surface area contributed by atoms with Gasteiger partial charge in [-0.25, -0.2) is 9.19 Å². The van der Waals surface area contributed by atoms with E-state index in [4.69, 9.17) is 5.14 Å². The summed E-state index contributed by atoms with van der Waals surface area (Å²) in [7, 11) is -2.83. The molecule has 0 radical (unpaired) electrons. The highest BCUT2D eigenvalue weighted by Gasteiger charge is 2.10. The summed E-state index contributed by atoms with van der Waals surface area (Å²) in [6.07, 6.45) is 1.61. The molecule has 3 rings (SSSR count). The van der Waals surface area contributed by atoms with Crippen LogP contribution in [0.4, 0.5) is 17.5 Å². The summed E-state index contributed by atoms with van der Waals surface area (Å²) in [4.78, 5) is 9.27. The van der Waals surface area contributed by atoms with Crippen LogP contribution in [0, 0.1) is 18.8 Å². The van der Waals surface area contributed by atoms with Crippen LogP contribution in [0.3, 0.4) is 0 Å². The van der Waals surface area contributed by atoms with E-state index in [2.05, 4.69) is 38.3 Å². The predicted octanol–water partition coefficient (Wildman–Crippen LogP) is 2.67. The molecule has 3 aromatic rings. The topological polar surface area (TPSA) is 113 Å². The number of anilines is 3. The summed E-state index contributed by atoms with van der Waals surface area (Å²) >= 11 is 0. The van der Waals surface area contributed by atoms with Gasteiger partial charge in [-0.2, -0.15) is 4.98 Å². The molecule has 0 aliphatic rings. The fourth-order valence-corrected chi connectivity index (χ4v) is 3.25. The minimum atomic E-state index is -2.83. The summed E-state index contributed by atoms with van der Waals surface area (Å²) in [5.74, 6) is 10.5. The van der Waals surface area contributed by atoms with Gasteiger partial charge in [0.05, 0.1) is 28.1 Å². The maximum atomic E-state index is 12.0. The number of aliphatic hydroxyl groups excluding tert-OH is 1. The van der Waals surface area contributed by atoms with Gasteiger partial charge in [-0.3, -0.25) is 5.14 Å². The number of aliphatic hydroxyl groups is 1. The molecule has 8 heteroatoms. The lowest BCUT2D eigenvalue weighted by Gasteiger charge is -2.14. The zero-order chi connectivity index (χ0) is 22.4. The van der Waals surface area contributed by atoms with Gasteiger partial charge in [0.1, 0.15) is 5.82 Å². The van der Waals surface area contributed by atoms with Crippen molar-refractivity contribution in [2.45, 2.75) is 24.8 Å². The molecule has 0 amide bonds. The molecule has 31 heavy (non-hydrogen) atoms. The van der Waals surface area contributed by atoms with E-state index in [0.29, 0.717) is 27.9 Å². The number of nitrogens with one attached hydrogen (secondary N) is 2. The monoisotopic (exact) mass is 435 g/mol. The summed E-state index contributed by atoms with van der Waals surface area (Å²) < 4.78 is 12.0. The Balaban J connectivity index is 1.92. The lowest BCUT2D eigenvalue weighted by molar-refractivity contribution is 0.281. The van der Waals surface area contributed by atoms with E-state index < -0.39 is 9.71 Å². The van der Waals surface area contributed by atoms with Gasteiger partial charge < -0.3 is 15.7 Å². The number of benzene rings is 2. The molecule has 0 saturated heterocycles. The number of aromatic nitrogens is 2. The minimum absolute atomic E-state index is 0.0615. The van der Waals surface area contributed by atoms with Crippen LogP contribution in [0.25, 0.3) is 0 Å². The third kappa shape index (κ3) is 6.30. The Kier molecular flexibility index (Phi) is 6.92. The van der Waals surface area contributed by atoms with Gasteiger partial charge in [0.15, 0.2) is 0 Å². The Bertz CT molecular complexity index is 1230. The second kappa shape index (κ2) is 9.62. The molecule has 5 N–H and O–H groups in total. The highest BCUT2D eigenvalue weighted by Crippen LogP contribution is 2.20. The maximum Gasteiger partial charge on any atom is 0.229 e. The Morgan fingerprint density at radius 3 is 2.65 bits per heavy atom. The van der Waals surface area contributed by atoms with Crippen molar-refractivity contribution in [1.82, 2.24) is 9.97 Å². The quantitative estimate of drug-likeness (QED) is 0.350. The van der Waals surface area contributed by atoms with E-state index in [1.165, 1.54) is 0 Å². The molecular weight excluding hydrogens is 410 g/mol. The number of nitrogens with two attached hydrogens (primary N) is 1. The molecule has 1 heterocycles. The summed E-state index contributed by atoms with van der Waals surface area (Å²) in [5.41, 5.74) is 3.27. The number of hydrogen-bond acceptors (Lipinski definition) is 6. The normalized spacial score (nSPS) is 13.4. The van der Waals surface area contributed by atoms with Crippen LogP contribution in [0.2, 0.25) is 0 Å². The van der Waals surface area contributed by atoms with Crippen molar-refractivity contribution in [1.29, 1.82) is 0 Å². The Morgan fingerprint density at radius 1 is 1.23 bits per heavy atom. The van der Waals surface area contributed by atoms with E-state index >= 15 is 0 Å². The van der Waals surface area contributed by atoms with Gasteiger partial charge in [-0.05, 0) is 50.0 Å². The molecule has 0 fully saturated rings. The molecule has 0 bridgehead atoms. The Labute approximate surface area is 182 Å². The first kappa shape index (κ1) is 22.3. The van der Waals surface area contributed by atoms with Crippen LogP contribution < -0.4 is 15.8 Å². The summed E-state index contributed by atoms with van der Waals surface area (Å²) in [6.45, 7) is 3.80. The van der Waals surface area contributed by atoms with Crippen molar-refractivity contribution >= 4 is 33.0 Å². The molecule has 2 atom stereocenters. The first-order chi connectivity index (χ1) is 14.7. The molecule has 0 spiro atoms. The first-order valence-corrected chi connectivity index (χ1v) is 11.4. The largest absolute Gasteiger partial charge is 0.394 e. The fraction of sp³-hybridized carbons (Fsp3) is 0.174. The van der Waals surface area contributed by atoms with Gasteiger partial charge in [-0.15, -0.1) is 0 Å². The summed E-state index contributed by atoms with van der Waals surface area (Å²) in [6, 6.07) is 14.5. The van der Waals surface area contributed by atoms with Crippen LogP contribution in [0.5, 0.6) is 0 Å². The van der Waals surface area contributed by atoms with Crippen molar-refractivity contribution in [3.8, 4) is 11.8 Å². The summed E-state index contributed by atoms with van der Waals surface area (Å²) in [5, 5.41) is 21.3. The Morgan fingerprint density at radius 2 is 1.97 bits per heavy atom. The number of nitrogens with zero attached hydrogens (tertiary/aromatic N) is 2. The molecule has 1 unspecified atom stereocenters. The molecule has 0 aliphatic carbocycles.